The van der Waals surface area contributed by atoms with Gasteiger partial charge in [-0.3, -0.25) is 0 Å². The highest BCUT2D eigenvalue weighted by Gasteiger charge is 2.14. The first-order valence-corrected chi connectivity index (χ1v) is 8.32. The van der Waals surface area contributed by atoms with Gasteiger partial charge in [-0.1, -0.05) is 60.7 Å². The average Bonchev–Trinajstić information content (AvgIpc) is 2.65. The minimum atomic E-state index is 0.102. The first-order chi connectivity index (χ1) is 12.1. The zero-order valence-corrected chi connectivity index (χ0v) is 14.6. The molecule has 0 amide bonds. The highest BCUT2D eigenvalue weighted by molar-refractivity contribution is 5.75. The summed E-state index contributed by atoms with van der Waals surface area (Å²) in [5, 5.41) is 3.38. The number of anilines is 3. The third kappa shape index (κ3) is 4.07. The first kappa shape index (κ1) is 16.8. The second kappa shape index (κ2) is 7.66. The van der Waals surface area contributed by atoms with E-state index in [9.17, 15) is 0 Å². The average molecular weight is 333 g/mol. The molecular weight excluding hydrogens is 310 g/mol. The van der Waals surface area contributed by atoms with Gasteiger partial charge in [-0.2, -0.15) is 0 Å². The molecule has 3 N–H and O–H groups in total. The molecule has 1 aromatic heterocycles. The minimum absolute atomic E-state index is 0.102. The molecule has 3 rings (SSSR count). The molecule has 0 saturated carbocycles. The number of hydrogen-bond donors (Lipinski definition) is 2. The summed E-state index contributed by atoms with van der Waals surface area (Å²) in [4.78, 5) is 10.7. The van der Waals surface area contributed by atoms with E-state index in [1.165, 1.54) is 11.1 Å². The summed E-state index contributed by atoms with van der Waals surface area (Å²) in [6.07, 6.45) is 1.55. The Morgan fingerprint density at radius 2 is 1.64 bits per heavy atom. The minimum Gasteiger partial charge on any atom is -0.393 e. The van der Waals surface area contributed by atoms with E-state index in [2.05, 4.69) is 46.5 Å². The highest BCUT2D eigenvalue weighted by Crippen LogP contribution is 2.29. The molecule has 1 atom stereocenters. The second-order valence-corrected chi connectivity index (χ2v) is 6.08. The van der Waals surface area contributed by atoms with Gasteiger partial charge in [0.15, 0.2) is 11.6 Å². The fraction of sp³-hybridized carbons (Fsp3) is 0.200. The molecule has 25 heavy (non-hydrogen) atoms. The fourth-order valence-electron chi connectivity index (χ4n) is 2.77. The van der Waals surface area contributed by atoms with E-state index in [4.69, 9.17) is 5.73 Å². The number of nitrogens with zero attached hydrogens (tertiary/aromatic N) is 3. The molecule has 0 fully saturated rings. The number of aromatic nitrogens is 2. The summed E-state index contributed by atoms with van der Waals surface area (Å²) in [6.45, 7) is 2.82. The van der Waals surface area contributed by atoms with Gasteiger partial charge in [-0.15, -0.1) is 0 Å². The lowest BCUT2D eigenvalue weighted by Crippen LogP contribution is -2.20. The van der Waals surface area contributed by atoms with Crippen molar-refractivity contribution in [1.29, 1.82) is 0 Å². The van der Waals surface area contributed by atoms with E-state index in [0.29, 0.717) is 11.5 Å². The summed E-state index contributed by atoms with van der Waals surface area (Å²) in [7, 11) is 1.98. The molecule has 5 nitrogen and oxygen atoms in total. The molecule has 0 aliphatic rings. The summed E-state index contributed by atoms with van der Waals surface area (Å²) < 4.78 is 0. The summed E-state index contributed by atoms with van der Waals surface area (Å²) in [5.74, 6) is 1.38. The number of nitrogens with two attached hydrogens (primary N) is 1. The van der Waals surface area contributed by atoms with E-state index >= 15 is 0 Å². The van der Waals surface area contributed by atoms with Crippen molar-refractivity contribution in [3.63, 3.8) is 0 Å². The predicted octanol–water partition coefficient (Wildman–Crippen LogP) is 3.87. The van der Waals surface area contributed by atoms with Crippen LogP contribution in [0, 0.1) is 0 Å². The van der Waals surface area contributed by atoms with E-state index in [-0.39, 0.29) is 6.04 Å². The van der Waals surface area contributed by atoms with Crippen molar-refractivity contribution >= 4 is 17.3 Å². The van der Waals surface area contributed by atoms with Gasteiger partial charge in [-0.25, -0.2) is 9.97 Å². The van der Waals surface area contributed by atoms with Crippen LogP contribution in [-0.2, 0) is 6.54 Å². The van der Waals surface area contributed by atoms with Crippen LogP contribution in [0.4, 0.5) is 17.3 Å². The van der Waals surface area contributed by atoms with Gasteiger partial charge < -0.3 is 16.0 Å². The lowest BCUT2D eigenvalue weighted by Gasteiger charge is -2.22. The Morgan fingerprint density at radius 3 is 2.32 bits per heavy atom. The molecule has 5 heteroatoms. The Hall–Kier alpha value is -3.08. The summed E-state index contributed by atoms with van der Waals surface area (Å²) in [5.41, 5.74) is 9.28. The van der Waals surface area contributed by atoms with Crippen molar-refractivity contribution in [3.05, 3.63) is 78.1 Å². The third-order valence-corrected chi connectivity index (χ3v) is 4.14. The molecule has 0 radical (unpaired) electrons. The van der Waals surface area contributed by atoms with Gasteiger partial charge in [0, 0.05) is 13.6 Å². The van der Waals surface area contributed by atoms with Gasteiger partial charge in [0.2, 0.25) is 0 Å². The third-order valence-electron chi connectivity index (χ3n) is 4.14. The second-order valence-electron chi connectivity index (χ2n) is 6.08. The molecular formula is C20H23N5. The summed E-state index contributed by atoms with van der Waals surface area (Å²) in [6, 6.07) is 20.6. The van der Waals surface area contributed by atoms with E-state index in [1.807, 2.05) is 48.3 Å². The van der Waals surface area contributed by atoms with Crippen molar-refractivity contribution in [2.75, 3.05) is 23.0 Å². The molecule has 0 saturated heterocycles. The van der Waals surface area contributed by atoms with E-state index < -0.39 is 0 Å². The molecule has 1 unspecified atom stereocenters. The summed E-state index contributed by atoms with van der Waals surface area (Å²) >= 11 is 0. The molecule has 3 aromatic rings. The Labute approximate surface area is 148 Å². The molecule has 2 aromatic carbocycles. The predicted molar refractivity (Wildman–Crippen MR) is 103 cm³/mol. The van der Waals surface area contributed by atoms with Gasteiger partial charge in [0.1, 0.15) is 12.0 Å². The van der Waals surface area contributed by atoms with Crippen LogP contribution in [0.25, 0.3) is 0 Å². The quantitative estimate of drug-likeness (QED) is 0.717. The van der Waals surface area contributed by atoms with Crippen LogP contribution >= 0.6 is 0 Å². The molecule has 0 aliphatic heterocycles. The zero-order chi connectivity index (χ0) is 17.6. The smallest absolute Gasteiger partial charge is 0.157 e. The van der Waals surface area contributed by atoms with Crippen molar-refractivity contribution < 1.29 is 0 Å². The zero-order valence-electron chi connectivity index (χ0n) is 14.6. The Bertz CT molecular complexity index is 805. The first-order valence-electron chi connectivity index (χ1n) is 8.32. The van der Waals surface area contributed by atoms with Crippen molar-refractivity contribution in [2.45, 2.75) is 19.5 Å². The maximum Gasteiger partial charge on any atom is 0.157 e. The topological polar surface area (TPSA) is 67.1 Å². The van der Waals surface area contributed by atoms with Crippen LogP contribution in [0.1, 0.15) is 24.1 Å². The normalized spacial score (nSPS) is 11.8. The van der Waals surface area contributed by atoms with E-state index in [1.54, 1.807) is 6.33 Å². The number of nitrogens with one attached hydrogen (secondary N) is 1. The van der Waals surface area contributed by atoms with Crippen molar-refractivity contribution in [1.82, 2.24) is 9.97 Å². The van der Waals surface area contributed by atoms with Crippen molar-refractivity contribution in [3.8, 4) is 0 Å². The van der Waals surface area contributed by atoms with Crippen LogP contribution in [0.15, 0.2) is 67.0 Å². The Kier molecular flexibility index (Phi) is 5.14. The number of nitrogen functional groups attached to an aromatic ring is 1. The number of hydrogen-bond acceptors (Lipinski definition) is 5. The van der Waals surface area contributed by atoms with Gasteiger partial charge in [0.25, 0.3) is 0 Å². The van der Waals surface area contributed by atoms with Crippen LogP contribution in [0.2, 0.25) is 0 Å². The van der Waals surface area contributed by atoms with Crippen LogP contribution in [-0.4, -0.2) is 17.0 Å². The molecule has 128 valence electrons. The monoisotopic (exact) mass is 333 g/mol. The van der Waals surface area contributed by atoms with Crippen LogP contribution in [0.3, 0.4) is 0 Å². The van der Waals surface area contributed by atoms with Crippen molar-refractivity contribution in [2.24, 2.45) is 0 Å². The SMILES string of the molecule is CC(Nc1ncnc(N(C)Cc2ccccc2)c1N)c1ccccc1. The molecule has 0 spiro atoms. The van der Waals surface area contributed by atoms with Gasteiger partial charge in [-0.05, 0) is 18.1 Å². The molecule has 0 aliphatic carbocycles. The van der Waals surface area contributed by atoms with Gasteiger partial charge >= 0.3 is 0 Å². The maximum absolute atomic E-state index is 6.34. The van der Waals surface area contributed by atoms with E-state index in [0.717, 1.165) is 12.4 Å². The molecule has 1 heterocycles. The Balaban J connectivity index is 1.77. The molecule has 0 bridgehead atoms. The Morgan fingerprint density at radius 1 is 1.00 bits per heavy atom. The standard InChI is InChI=1S/C20H23N5/c1-15(17-11-7-4-8-12-17)24-19-18(21)20(23-14-22-19)25(2)13-16-9-5-3-6-10-16/h3-12,14-15H,13,21H2,1-2H3,(H,22,23,24). The van der Waals surface area contributed by atoms with Crippen LogP contribution in [0.5, 0.6) is 0 Å². The lowest BCUT2D eigenvalue weighted by atomic mass is 10.1. The number of rotatable bonds is 6. The lowest BCUT2D eigenvalue weighted by molar-refractivity contribution is 0.863. The van der Waals surface area contributed by atoms with Gasteiger partial charge in [0.05, 0.1) is 6.04 Å². The maximum atomic E-state index is 6.34. The van der Waals surface area contributed by atoms with Crippen LogP contribution < -0.4 is 16.0 Å². The fourth-order valence-corrected chi connectivity index (χ4v) is 2.77. The number of benzene rings is 2. The largest absolute Gasteiger partial charge is 0.393 e. The highest BCUT2D eigenvalue weighted by atomic mass is 15.2.